The summed E-state index contributed by atoms with van der Waals surface area (Å²) in [5.74, 6) is 0. The van der Waals surface area contributed by atoms with Gasteiger partial charge in [-0.1, -0.05) is 182 Å². The van der Waals surface area contributed by atoms with Crippen LogP contribution in [0.3, 0.4) is 0 Å². The van der Waals surface area contributed by atoms with E-state index in [4.69, 9.17) is 0 Å². The lowest BCUT2D eigenvalue weighted by molar-refractivity contribution is 1.28. The van der Waals surface area contributed by atoms with E-state index in [9.17, 15) is 0 Å². The van der Waals surface area contributed by atoms with Crippen LogP contribution in [0.15, 0.2) is 237 Å². The molecule has 0 saturated carbocycles. The standard InChI is InChI=1S/C58H39NS/c1-2-12-40(13-3-1)45-16-8-17-46(38-45)41-26-32-49(33-27-41)59(51-36-30-44(31-37-51)54-23-11-24-56-55-21-6-7-25-57(55)60-58(54)56)50-34-28-42(29-35-50)47-18-9-19-48(39-47)53-22-10-15-43-14-4-5-20-52(43)53/h1-39H. The first-order valence-electron chi connectivity index (χ1n) is 20.5. The molecule has 0 spiro atoms. The monoisotopic (exact) mass is 781 g/mol. The molecule has 282 valence electrons. The largest absolute Gasteiger partial charge is 0.311 e. The van der Waals surface area contributed by atoms with Crippen LogP contribution in [0.5, 0.6) is 0 Å². The molecule has 0 fully saturated rings. The molecule has 60 heavy (non-hydrogen) atoms. The minimum Gasteiger partial charge on any atom is -0.311 e. The number of nitrogens with zero attached hydrogens (tertiary/aromatic N) is 1. The van der Waals surface area contributed by atoms with E-state index in [2.05, 4.69) is 241 Å². The Labute approximate surface area is 354 Å². The third-order valence-electron chi connectivity index (χ3n) is 11.7. The van der Waals surface area contributed by atoms with Crippen LogP contribution in [0, 0.1) is 0 Å². The van der Waals surface area contributed by atoms with Gasteiger partial charge < -0.3 is 4.90 Å². The fourth-order valence-electron chi connectivity index (χ4n) is 8.67. The van der Waals surface area contributed by atoms with Crippen LogP contribution in [0.25, 0.3) is 86.6 Å². The molecule has 1 aromatic heterocycles. The molecule has 0 radical (unpaired) electrons. The van der Waals surface area contributed by atoms with Gasteiger partial charge in [0, 0.05) is 37.2 Å². The Kier molecular flexibility index (Phi) is 9.11. The molecule has 0 saturated heterocycles. The molecule has 0 aliphatic rings. The Bertz CT molecular complexity index is 3280. The molecule has 0 amide bonds. The predicted octanol–water partition coefficient (Wildman–Crippen LogP) is 17.0. The van der Waals surface area contributed by atoms with Crippen molar-refractivity contribution in [3.63, 3.8) is 0 Å². The van der Waals surface area contributed by atoms with Crippen LogP contribution < -0.4 is 4.90 Å². The summed E-state index contributed by atoms with van der Waals surface area (Å²) in [4.78, 5) is 2.37. The van der Waals surface area contributed by atoms with Crippen molar-refractivity contribution in [2.75, 3.05) is 4.90 Å². The van der Waals surface area contributed by atoms with Crippen LogP contribution in [-0.2, 0) is 0 Å². The number of rotatable bonds is 8. The molecule has 0 bridgehead atoms. The second kappa shape index (κ2) is 15.3. The van der Waals surface area contributed by atoms with Gasteiger partial charge in [0.15, 0.2) is 0 Å². The summed E-state index contributed by atoms with van der Waals surface area (Å²) in [7, 11) is 0. The lowest BCUT2D eigenvalue weighted by atomic mass is 9.95. The van der Waals surface area contributed by atoms with E-state index in [0.717, 1.165) is 17.1 Å². The predicted molar refractivity (Wildman–Crippen MR) is 259 cm³/mol. The maximum Gasteiger partial charge on any atom is 0.0462 e. The highest BCUT2D eigenvalue weighted by Crippen LogP contribution is 2.42. The summed E-state index contributed by atoms with van der Waals surface area (Å²) in [6, 6.07) is 86.0. The van der Waals surface area contributed by atoms with Gasteiger partial charge in [-0.3, -0.25) is 0 Å². The van der Waals surface area contributed by atoms with Crippen molar-refractivity contribution in [1.82, 2.24) is 0 Å². The lowest BCUT2D eigenvalue weighted by Gasteiger charge is -2.26. The molecule has 1 heterocycles. The first-order chi connectivity index (χ1) is 29.7. The maximum absolute atomic E-state index is 2.37. The van der Waals surface area contributed by atoms with Crippen molar-refractivity contribution in [2.24, 2.45) is 0 Å². The van der Waals surface area contributed by atoms with Gasteiger partial charge in [-0.2, -0.15) is 0 Å². The Morgan fingerprint density at radius 3 is 1.37 bits per heavy atom. The van der Waals surface area contributed by atoms with Crippen LogP contribution in [-0.4, -0.2) is 0 Å². The molecule has 0 unspecified atom stereocenters. The third-order valence-corrected chi connectivity index (χ3v) is 12.9. The van der Waals surface area contributed by atoms with Crippen molar-refractivity contribution < 1.29 is 0 Å². The highest BCUT2D eigenvalue weighted by Gasteiger charge is 2.16. The second-order valence-corrected chi connectivity index (χ2v) is 16.4. The van der Waals surface area contributed by atoms with Gasteiger partial charge in [-0.25, -0.2) is 0 Å². The van der Waals surface area contributed by atoms with E-state index in [0.29, 0.717) is 0 Å². The zero-order valence-corrected chi connectivity index (χ0v) is 33.7. The first kappa shape index (κ1) is 35.6. The molecule has 0 aliphatic carbocycles. The smallest absolute Gasteiger partial charge is 0.0462 e. The first-order valence-corrected chi connectivity index (χ1v) is 21.3. The summed E-state index contributed by atoms with van der Waals surface area (Å²) in [6.07, 6.45) is 0. The number of hydrogen-bond donors (Lipinski definition) is 0. The molecule has 11 rings (SSSR count). The Hall–Kier alpha value is -7.52. The van der Waals surface area contributed by atoms with Gasteiger partial charge in [0.1, 0.15) is 0 Å². The van der Waals surface area contributed by atoms with Gasteiger partial charge in [0.2, 0.25) is 0 Å². The fourth-order valence-corrected chi connectivity index (χ4v) is 9.91. The lowest BCUT2D eigenvalue weighted by Crippen LogP contribution is -2.09. The number of hydrogen-bond acceptors (Lipinski definition) is 2. The average Bonchev–Trinajstić information content (AvgIpc) is 3.72. The van der Waals surface area contributed by atoms with Crippen molar-refractivity contribution in [3.8, 4) is 55.6 Å². The van der Waals surface area contributed by atoms with Gasteiger partial charge in [0.05, 0.1) is 0 Å². The molecule has 10 aromatic carbocycles. The zero-order valence-electron chi connectivity index (χ0n) is 32.9. The number of fused-ring (bicyclic) bond motifs is 4. The molecule has 1 nitrogen and oxygen atoms in total. The van der Waals surface area contributed by atoms with E-state index in [-0.39, 0.29) is 0 Å². The SMILES string of the molecule is c1ccc(-c2cccc(-c3ccc(N(c4ccc(-c5cccc(-c6cccc7ccccc67)c5)cc4)c4ccc(-c5cccc6c5sc5ccccc56)cc4)cc3)c2)cc1. The maximum atomic E-state index is 2.37. The molecule has 11 aromatic rings. The van der Waals surface area contributed by atoms with E-state index in [1.165, 1.54) is 86.6 Å². The topological polar surface area (TPSA) is 3.24 Å². The van der Waals surface area contributed by atoms with Gasteiger partial charge >= 0.3 is 0 Å². The van der Waals surface area contributed by atoms with Gasteiger partial charge in [-0.15, -0.1) is 11.3 Å². The highest BCUT2D eigenvalue weighted by molar-refractivity contribution is 7.26. The van der Waals surface area contributed by atoms with Crippen LogP contribution >= 0.6 is 11.3 Å². The Balaban J connectivity index is 0.962. The van der Waals surface area contributed by atoms with E-state index in [1.807, 2.05) is 11.3 Å². The molecule has 2 heteroatoms. The fraction of sp³-hybridized carbons (Fsp3) is 0. The third kappa shape index (κ3) is 6.63. The number of benzene rings is 10. The molecular weight excluding hydrogens is 743 g/mol. The van der Waals surface area contributed by atoms with E-state index >= 15 is 0 Å². The van der Waals surface area contributed by atoms with Gasteiger partial charge in [-0.05, 0) is 121 Å². The minimum absolute atomic E-state index is 1.10. The molecular formula is C58H39NS. The molecule has 0 aliphatic heterocycles. The summed E-state index contributed by atoms with van der Waals surface area (Å²) in [5.41, 5.74) is 15.4. The normalized spacial score (nSPS) is 11.3. The summed E-state index contributed by atoms with van der Waals surface area (Å²) < 4.78 is 2.65. The summed E-state index contributed by atoms with van der Waals surface area (Å²) in [5, 5.41) is 5.16. The zero-order chi connectivity index (χ0) is 39.8. The molecule has 0 atom stereocenters. The van der Waals surface area contributed by atoms with Crippen molar-refractivity contribution in [1.29, 1.82) is 0 Å². The number of thiophene rings is 1. The van der Waals surface area contributed by atoms with Gasteiger partial charge in [0.25, 0.3) is 0 Å². The summed E-state index contributed by atoms with van der Waals surface area (Å²) >= 11 is 1.88. The van der Waals surface area contributed by atoms with Crippen LogP contribution in [0.1, 0.15) is 0 Å². The average molecular weight is 782 g/mol. The van der Waals surface area contributed by atoms with Crippen molar-refractivity contribution >= 4 is 59.3 Å². The van der Waals surface area contributed by atoms with Crippen molar-refractivity contribution in [3.05, 3.63) is 237 Å². The Morgan fingerprint density at radius 1 is 0.267 bits per heavy atom. The quantitative estimate of drug-likeness (QED) is 0.148. The van der Waals surface area contributed by atoms with E-state index < -0.39 is 0 Å². The van der Waals surface area contributed by atoms with E-state index in [1.54, 1.807) is 0 Å². The number of anilines is 3. The Morgan fingerprint density at radius 2 is 0.700 bits per heavy atom. The van der Waals surface area contributed by atoms with Crippen molar-refractivity contribution in [2.45, 2.75) is 0 Å². The van der Waals surface area contributed by atoms with Crippen LogP contribution in [0.2, 0.25) is 0 Å². The highest BCUT2D eigenvalue weighted by atomic mass is 32.1. The minimum atomic E-state index is 1.10. The summed E-state index contributed by atoms with van der Waals surface area (Å²) in [6.45, 7) is 0. The van der Waals surface area contributed by atoms with Crippen LogP contribution in [0.4, 0.5) is 17.1 Å². The molecule has 0 N–H and O–H groups in total. The second-order valence-electron chi connectivity index (χ2n) is 15.3.